The number of benzene rings is 2. The van der Waals surface area contributed by atoms with Crippen molar-refractivity contribution in [3.05, 3.63) is 71.5 Å². The zero-order valence-electron chi connectivity index (χ0n) is 15.6. The summed E-state index contributed by atoms with van der Waals surface area (Å²) in [5, 5.41) is 10.4. The van der Waals surface area contributed by atoms with E-state index < -0.39 is 11.7 Å². The fraction of sp³-hybridized carbons (Fsp3) is 0.150. The van der Waals surface area contributed by atoms with Gasteiger partial charge in [-0.15, -0.1) is 5.10 Å². The molecule has 0 saturated carbocycles. The second-order valence-electron chi connectivity index (χ2n) is 6.68. The van der Waals surface area contributed by atoms with Crippen molar-refractivity contribution in [2.45, 2.75) is 20.0 Å². The van der Waals surface area contributed by atoms with Gasteiger partial charge in [0.2, 0.25) is 11.6 Å². The number of aromatic nitrogens is 4. The standard InChI is InChI=1S/C20H17F3N6/c1-12-8-13(2)10-16(9-12)26-19-27-18-17(24-6-7-29(18)28-19)25-15-5-3-4-14(11-15)20(21,22)23/h3-11H,1-2H3,(H,24,25)(H,26,28). The molecule has 2 aromatic heterocycles. The zero-order chi connectivity index (χ0) is 20.6. The molecular formula is C20H17F3N6. The molecular weight excluding hydrogens is 381 g/mol. The number of anilines is 4. The van der Waals surface area contributed by atoms with Gasteiger partial charge < -0.3 is 10.6 Å². The van der Waals surface area contributed by atoms with E-state index in [0.29, 0.717) is 17.4 Å². The van der Waals surface area contributed by atoms with Crippen LogP contribution in [-0.4, -0.2) is 19.6 Å². The Hall–Kier alpha value is -3.62. The molecule has 29 heavy (non-hydrogen) atoms. The van der Waals surface area contributed by atoms with Crippen LogP contribution >= 0.6 is 0 Å². The first-order chi connectivity index (χ1) is 13.8. The van der Waals surface area contributed by atoms with Crippen LogP contribution in [0.25, 0.3) is 5.65 Å². The summed E-state index contributed by atoms with van der Waals surface area (Å²) in [6.07, 6.45) is -1.31. The number of rotatable bonds is 4. The quantitative estimate of drug-likeness (QED) is 0.492. The smallest absolute Gasteiger partial charge is 0.337 e. The SMILES string of the molecule is Cc1cc(C)cc(Nc2nc3c(Nc4cccc(C(F)(F)F)c4)nccn3n2)c1. The van der Waals surface area contributed by atoms with E-state index in [9.17, 15) is 13.2 Å². The van der Waals surface area contributed by atoms with E-state index in [1.54, 1.807) is 6.20 Å². The van der Waals surface area contributed by atoms with E-state index >= 15 is 0 Å². The van der Waals surface area contributed by atoms with Crippen LogP contribution in [0.4, 0.5) is 36.3 Å². The molecule has 0 saturated heterocycles. The van der Waals surface area contributed by atoms with Crippen molar-refractivity contribution >= 4 is 28.8 Å². The third-order valence-electron chi connectivity index (χ3n) is 4.19. The molecule has 0 atom stereocenters. The third kappa shape index (κ3) is 4.13. The van der Waals surface area contributed by atoms with Gasteiger partial charge >= 0.3 is 6.18 Å². The summed E-state index contributed by atoms with van der Waals surface area (Å²) in [6, 6.07) is 10.9. The lowest BCUT2D eigenvalue weighted by molar-refractivity contribution is -0.137. The minimum atomic E-state index is -4.42. The zero-order valence-corrected chi connectivity index (χ0v) is 15.6. The number of hydrogen-bond donors (Lipinski definition) is 2. The van der Waals surface area contributed by atoms with Crippen molar-refractivity contribution in [2.24, 2.45) is 0 Å². The lowest BCUT2D eigenvalue weighted by Crippen LogP contribution is -2.05. The van der Waals surface area contributed by atoms with E-state index in [1.807, 2.05) is 26.0 Å². The van der Waals surface area contributed by atoms with E-state index in [1.165, 1.54) is 22.8 Å². The number of nitrogens with zero attached hydrogens (tertiary/aromatic N) is 4. The summed E-state index contributed by atoms with van der Waals surface area (Å²) in [5.74, 6) is 0.655. The molecule has 0 aliphatic carbocycles. The van der Waals surface area contributed by atoms with Gasteiger partial charge in [0.1, 0.15) is 0 Å². The molecule has 0 unspecified atom stereocenters. The van der Waals surface area contributed by atoms with Crippen molar-refractivity contribution in [1.29, 1.82) is 0 Å². The van der Waals surface area contributed by atoms with Crippen molar-refractivity contribution in [2.75, 3.05) is 10.6 Å². The summed E-state index contributed by atoms with van der Waals surface area (Å²) in [6.45, 7) is 3.99. The molecule has 0 fully saturated rings. The van der Waals surface area contributed by atoms with Crippen molar-refractivity contribution < 1.29 is 13.2 Å². The maximum absolute atomic E-state index is 12.9. The molecule has 0 bridgehead atoms. The van der Waals surface area contributed by atoms with E-state index in [0.717, 1.165) is 28.9 Å². The number of aryl methyl sites for hydroxylation is 2. The van der Waals surface area contributed by atoms with Gasteiger partial charge in [-0.3, -0.25) is 0 Å². The molecule has 2 N–H and O–H groups in total. The summed E-state index contributed by atoms with van der Waals surface area (Å²) >= 11 is 0. The Morgan fingerprint density at radius 2 is 1.69 bits per heavy atom. The maximum atomic E-state index is 12.9. The Labute approximate surface area is 164 Å². The van der Waals surface area contributed by atoms with Crippen LogP contribution in [0.1, 0.15) is 16.7 Å². The molecule has 4 rings (SSSR count). The second kappa shape index (κ2) is 7.08. The first-order valence-electron chi connectivity index (χ1n) is 8.79. The Morgan fingerprint density at radius 3 is 2.41 bits per heavy atom. The van der Waals surface area contributed by atoms with E-state index in [2.05, 4.69) is 31.8 Å². The first-order valence-corrected chi connectivity index (χ1v) is 8.79. The number of hydrogen-bond acceptors (Lipinski definition) is 5. The first kappa shape index (κ1) is 18.7. The molecule has 0 amide bonds. The van der Waals surface area contributed by atoms with E-state index in [4.69, 9.17) is 0 Å². The lowest BCUT2D eigenvalue weighted by atomic mass is 10.1. The average Bonchev–Trinajstić information content (AvgIpc) is 3.04. The van der Waals surface area contributed by atoms with Gasteiger partial charge in [0.25, 0.3) is 0 Å². The topological polar surface area (TPSA) is 67.1 Å². The Kier molecular flexibility index (Phi) is 4.57. The van der Waals surface area contributed by atoms with Crippen molar-refractivity contribution in [3.63, 3.8) is 0 Å². The molecule has 9 heteroatoms. The van der Waals surface area contributed by atoms with E-state index in [-0.39, 0.29) is 5.69 Å². The van der Waals surface area contributed by atoms with Crippen LogP contribution in [0.3, 0.4) is 0 Å². The van der Waals surface area contributed by atoms with Crippen LogP contribution in [-0.2, 0) is 6.18 Å². The summed E-state index contributed by atoms with van der Waals surface area (Å²) in [4.78, 5) is 8.63. The molecule has 148 valence electrons. The largest absolute Gasteiger partial charge is 0.416 e. The van der Waals surface area contributed by atoms with Crippen LogP contribution in [0.2, 0.25) is 0 Å². The van der Waals surface area contributed by atoms with Gasteiger partial charge in [-0.1, -0.05) is 12.1 Å². The molecule has 0 aliphatic heterocycles. The highest BCUT2D eigenvalue weighted by Crippen LogP contribution is 2.31. The van der Waals surface area contributed by atoms with Gasteiger partial charge in [0, 0.05) is 23.8 Å². The highest BCUT2D eigenvalue weighted by molar-refractivity contribution is 5.71. The van der Waals surface area contributed by atoms with Gasteiger partial charge in [-0.05, 0) is 55.3 Å². The van der Waals surface area contributed by atoms with Gasteiger partial charge in [-0.25, -0.2) is 9.50 Å². The monoisotopic (exact) mass is 398 g/mol. The summed E-state index contributed by atoms with van der Waals surface area (Å²) in [5.41, 5.74) is 2.95. The van der Waals surface area contributed by atoms with Crippen LogP contribution < -0.4 is 10.6 Å². The van der Waals surface area contributed by atoms with Gasteiger partial charge in [0.15, 0.2) is 5.82 Å². The number of halogens is 3. The third-order valence-corrected chi connectivity index (χ3v) is 4.19. The Balaban J connectivity index is 1.65. The maximum Gasteiger partial charge on any atom is 0.416 e. The molecule has 0 radical (unpaired) electrons. The number of fused-ring (bicyclic) bond motifs is 1. The fourth-order valence-corrected chi connectivity index (χ4v) is 3.04. The Bertz CT molecular complexity index is 1160. The Morgan fingerprint density at radius 1 is 0.931 bits per heavy atom. The lowest BCUT2D eigenvalue weighted by Gasteiger charge is -2.10. The number of nitrogens with one attached hydrogen (secondary N) is 2. The molecule has 0 spiro atoms. The fourth-order valence-electron chi connectivity index (χ4n) is 3.04. The molecule has 4 aromatic rings. The second-order valence-corrected chi connectivity index (χ2v) is 6.68. The minimum absolute atomic E-state index is 0.257. The summed E-state index contributed by atoms with van der Waals surface area (Å²) < 4.78 is 40.4. The van der Waals surface area contributed by atoms with Crippen LogP contribution in [0, 0.1) is 13.8 Å². The van der Waals surface area contributed by atoms with Gasteiger partial charge in [-0.2, -0.15) is 18.2 Å². The van der Waals surface area contributed by atoms with Crippen molar-refractivity contribution in [3.8, 4) is 0 Å². The summed E-state index contributed by atoms with van der Waals surface area (Å²) in [7, 11) is 0. The minimum Gasteiger partial charge on any atom is -0.337 e. The normalized spacial score (nSPS) is 11.6. The highest BCUT2D eigenvalue weighted by Gasteiger charge is 2.30. The van der Waals surface area contributed by atoms with Crippen molar-refractivity contribution in [1.82, 2.24) is 19.6 Å². The molecule has 2 aromatic carbocycles. The number of alkyl halides is 3. The predicted octanol–water partition coefficient (Wildman–Crippen LogP) is 5.25. The van der Waals surface area contributed by atoms with Crippen LogP contribution in [0.5, 0.6) is 0 Å². The average molecular weight is 398 g/mol. The molecule has 2 heterocycles. The highest BCUT2D eigenvalue weighted by atomic mass is 19.4. The molecule has 0 aliphatic rings. The van der Waals surface area contributed by atoms with Gasteiger partial charge in [0.05, 0.1) is 5.56 Å². The predicted molar refractivity (Wildman–Crippen MR) is 105 cm³/mol. The molecule has 6 nitrogen and oxygen atoms in total. The van der Waals surface area contributed by atoms with Crippen LogP contribution in [0.15, 0.2) is 54.9 Å².